The first-order valence-electron chi connectivity index (χ1n) is 4.99. The second kappa shape index (κ2) is 4.44. The number of hydrogen-bond donors (Lipinski definition) is 2. The lowest BCUT2D eigenvalue weighted by atomic mass is 10.0. The van der Waals surface area contributed by atoms with Gasteiger partial charge in [0.15, 0.2) is 0 Å². The van der Waals surface area contributed by atoms with Crippen LogP contribution in [0.25, 0.3) is 0 Å². The number of nitrogens with zero attached hydrogens (tertiary/aromatic N) is 2. The second-order valence-corrected chi connectivity index (χ2v) is 4.20. The number of carbonyl (C=O) groups excluding carboxylic acids is 1. The molecule has 0 bridgehead atoms. The van der Waals surface area contributed by atoms with Gasteiger partial charge in [-0.3, -0.25) is 14.8 Å². The quantitative estimate of drug-likeness (QED) is 0.725. The molecule has 5 heteroatoms. The summed E-state index contributed by atoms with van der Waals surface area (Å²) in [6.45, 7) is 6.18. The van der Waals surface area contributed by atoms with Crippen molar-refractivity contribution in [1.82, 2.24) is 15.1 Å². The fraction of sp³-hybridized carbons (Fsp3) is 0.600. The van der Waals surface area contributed by atoms with E-state index in [1.807, 2.05) is 26.1 Å². The predicted octanol–water partition coefficient (Wildman–Crippen LogP) is 0.125. The second-order valence-electron chi connectivity index (χ2n) is 4.20. The number of nitrogens with two attached hydrogens (primary N) is 1. The standard InChI is InChI=1S/C10H18N4O/c1-8(2)13-10(3,9(11)15)7-14-6-4-5-12-14/h4-6,8,13H,7H2,1-3H3,(H2,11,15). The molecule has 0 saturated carbocycles. The summed E-state index contributed by atoms with van der Waals surface area (Å²) in [4.78, 5) is 11.4. The minimum atomic E-state index is -0.764. The minimum absolute atomic E-state index is 0.193. The third-order valence-electron chi connectivity index (χ3n) is 2.19. The first-order valence-corrected chi connectivity index (χ1v) is 4.99. The van der Waals surface area contributed by atoms with Crippen LogP contribution in [0.15, 0.2) is 18.5 Å². The summed E-state index contributed by atoms with van der Waals surface area (Å²) in [6, 6.07) is 2.01. The number of primary amides is 1. The molecule has 1 unspecified atom stereocenters. The van der Waals surface area contributed by atoms with Crippen LogP contribution >= 0.6 is 0 Å². The topological polar surface area (TPSA) is 72.9 Å². The normalized spacial score (nSPS) is 15.2. The Kier molecular flexibility index (Phi) is 3.47. The maximum Gasteiger partial charge on any atom is 0.239 e. The Balaban J connectivity index is 2.78. The highest BCUT2D eigenvalue weighted by Gasteiger charge is 2.32. The zero-order valence-corrected chi connectivity index (χ0v) is 9.40. The largest absolute Gasteiger partial charge is 0.368 e. The Labute approximate surface area is 89.6 Å². The van der Waals surface area contributed by atoms with Crippen LogP contribution in [0.3, 0.4) is 0 Å². The lowest BCUT2D eigenvalue weighted by Crippen LogP contribution is -2.58. The van der Waals surface area contributed by atoms with Gasteiger partial charge in [0.1, 0.15) is 5.54 Å². The highest BCUT2D eigenvalue weighted by Crippen LogP contribution is 2.08. The van der Waals surface area contributed by atoms with Crippen LogP contribution in [0, 0.1) is 0 Å². The molecular weight excluding hydrogens is 192 g/mol. The maximum atomic E-state index is 11.4. The summed E-state index contributed by atoms with van der Waals surface area (Å²) in [5, 5.41) is 7.22. The minimum Gasteiger partial charge on any atom is -0.368 e. The lowest BCUT2D eigenvalue weighted by Gasteiger charge is -2.29. The molecule has 0 radical (unpaired) electrons. The fourth-order valence-corrected chi connectivity index (χ4v) is 1.55. The highest BCUT2D eigenvalue weighted by atomic mass is 16.1. The first-order chi connectivity index (χ1) is 6.94. The van der Waals surface area contributed by atoms with Crippen molar-refractivity contribution in [3.63, 3.8) is 0 Å². The number of rotatable bonds is 5. The maximum absolute atomic E-state index is 11.4. The van der Waals surface area contributed by atoms with E-state index in [-0.39, 0.29) is 11.9 Å². The molecule has 15 heavy (non-hydrogen) atoms. The molecule has 0 fully saturated rings. The van der Waals surface area contributed by atoms with Crippen LogP contribution in [0.1, 0.15) is 20.8 Å². The van der Waals surface area contributed by atoms with E-state index in [1.54, 1.807) is 17.8 Å². The Bertz CT molecular complexity index is 320. The summed E-state index contributed by atoms with van der Waals surface area (Å²) in [5.41, 5.74) is 4.63. The predicted molar refractivity (Wildman–Crippen MR) is 58.1 cm³/mol. The monoisotopic (exact) mass is 210 g/mol. The van der Waals surface area contributed by atoms with Gasteiger partial charge in [-0.05, 0) is 26.8 Å². The van der Waals surface area contributed by atoms with Crippen LogP contribution < -0.4 is 11.1 Å². The van der Waals surface area contributed by atoms with Crippen molar-refractivity contribution in [3.8, 4) is 0 Å². The van der Waals surface area contributed by atoms with Gasteiger partial charge in [-0.2, -0.15) is 5.10 Å². The molecule has 1 aromatic heterocycles. The fourth-order valence-electron chi connectivity index (χ4n) is 1.55. The van der Waals surface area contributed by atoms with E-state index in [9.17, 15) is 4.79 Å². The third kappa shape index (κ3) is 3.06. The van der Waals surface area contributed by atoms with Gasteiger partial charge in [0.2, 0.25) is 5.91 Å². The molecule has 1 aromatic rings. The van der Waals surface area contributed by atoms with Crippen LogP contribution in [0.2, 0.25) is 0 Å². The average Bonchev–Trinajstić information content (AvgIpc) is 2.54. The third-order valence-corrected chi connectivity index (χ3v) is 2.19. The number of amides is 1. The Morgan fingerprint density at radius 3 is 2.73 bits per heavy atom. The van der Waals surface area contributed by atoms with Gasteiger partial charge in [0.05, 0.1) is 6.54 Å². The molecule has 0 aromatic carbocycles. The summed E-state index contributed by atoms with van der Waals surface area (Å²) in [7, 11) is 0. The molecule has 0 aliphatic rings. The van der Waals surface area contributed by atoms with E-state index in [2.05, 4.69) is 10.4 Å². The Morgan fingerprint density at radius 1 is 1.67 bits per heavy atom. The van der Waals surface area contributed by atoms with E-state index >= 15 is 0 Å². The van der Waals surface area contributed by atoms with Crippen molar-refractivity contribution in [2.75, 3.05) is 0 Å². The zero-order valence-electron chi connectivity index (χ0n) is 9.40. The van der Waals surface area contributed by atoms with E-state index in [0.29, 0.717) is 6.54 Å². The number of nitrogens with one attached hydrogen (secondary N) is 1. The van der Waals surface area contributed by atoms with Crippen molar-refractivity contribution in [2.45, 2.75) is 38.9 Å². The van der Waals surface area contributed by atoms with E-state index < -0.39 is 5.54 Å². The van der Waals surface area contributed by atoms with Gasteiger partial charge < -0.3 is 5.73 Å². The van der Waals surface area contributed by atoms with Gasteiger partial charge in [0, 0.05) is 18.4 Å². The highest BCUT2D eigenvalue weighted by molar-refractivity contribution is 5.84. The molecule has 3 N–H and O–H groups in total. The lowest BCUT2D eigenvalue weighted by molar-refractivity contribution is -0.124. The van der Waals surface area contributed by atoms with Crippen LogP contribution in [0.5, 0.6) is 0 Å². The molecule has 5 nitrogen and oxygen atoms in total. The van der Waals surface area contributed by atoms with Gasteiger partial charge in [-0.1, -0.05) is 0 Å². The zero-order chi connectivity index (χ0) is 11.5. The molecule has 0 aliphatic heterocycles. The first kappa shape index (κ1) is 11.7. The molecule has 1 amide bonds. The van der Waals surface area contributed by atoms with Crippen molar-refractivity contribution in [2.24, 2.45) is 5.73 Å². The Morgan fingerprint density at radius 2 is 2.33 bits per heavy atom. The van der Waals surface area contributed by atoms with Gasteiger partial charge >= 0.3 is 0 Å². The van der Waals surface area contributed by atoms with Gasteiger partial charge in [-0.15, -0.1) is 0 Å². The summed E-state index contributed by atoms with van der Waals surface area (Å²) in [6.07, 6.45) is 3.49. The molecule has 84 valence electrons. The molecule has 1 heterocycles. The molecule has 0 spiro atoms. The smallest absolute Gasteiger partial charge is 0.239 e. The summed E-state index contributed by atoms with van der Waals surface area (Å²) >= 11 is 0. The molecular formula is C10H18N4O. The van der Waals surface area contributed by atoms with Crippen molar-refractivity contribution in [3.05, 3.63) is 18.5 Å². The van der Waals surface area contributed by atoms with Crippen LogP contribution in [-0.4, -0.2) is 27.3 Å². The van der Waals surface area contributed by atoms with Crippen molar-refractivity contribution in [1.29, 1.82) is 0 Å². The SMILES string of the molecule is CC(C)NC(C)(Cn1cccn1)C(N)=O. The summed E-state index contributed by atoms with van der Waals surface area (Å²) < 4.78 is 1.69. The number of hydrogen-bond acceptors (Lipinski definition) is 3. The van der Waals surface area contributed by atoms with E-state index in [4.69, 9.17) is 5.73 Å². The van der Waals surface area contributed by atoms with Crippen LogP contribution in [-0.2, 0) is 11.3 Å². The number of aromatic nitrogens is 2. The van der Waals surface area contributed by atoms with Crippen molar-refractivity contribution >= 4 is 5.91 Å². The van der Waals surface area contributed by atoms with E-state index in [1.165, 1.54) is 0 Å². The average molecular weight is 210 g/mol. The molecule has 0 aliphatic carbocycles. The van der Waals surface area contributed by atoms with E-state index in [0.717, 1.165) is 0 Å². The van der Waals surface area contributed by atoms with Gasteiger partial charge in [0.25, 0.3) is 0 Å². The molecule has 1 atom stereocenters. The molecule has 1 rings (SSSR count). The summed E-state index contributed by atoms with van der Waals surface area (Å²) in [5.74, 6) is -0.369. The molecule has 0 saturated heterocycles. The van der Waals surface area contributed by atoms with Crippen molar-refractivity contribution < 1.29 is 4.79 Å². The van der Waals surface area contributed by atoms with Crippen LogP contribution in [0.4, 0.5) is 0 Å². The Hall–Kier alpha value is -1.36. The van der Waals surface area contributed by atoms with Gasteiger partial charge in [-0.25, -0.2) is 0 Å². The number of carbonyl (C=O) groups is 1.